The Morgan fingerprint density at radius 3 is 1.96 bits per heavy atom. The summed E-state index contributed by atoms with van der Waals surface area (Å²) in [6.45, 7) is 7.32. The molecule has 0 aliphatic carbocycles. The fourth-order valence-electron chi connectivity index (χ4n) is 2.27. The van der Waals surface area contributed by atoms with Crippen molar-refractivity contribution in [1.29, 1.82) is 0 Å². The average molecular weight is 386 g/mol. The van der Waals surface area contributed by atoms with E-state index in [0.717, 1.165) is 0 Å². The molecule has 1 N–H and O–H groups in total. The van der Waals surface area contributed by atoms with Crippen LogP contribution >= 0.6 is 7.60 Å². The second-order valence-corrected chi connectivity index (χ2v) is 8.69. The van der Waals surface area contributed by atoms with E-state index in [0.29, 0.717) is 18.8 Å². The molecular formula is C18H27O7P. The topological polar surface area (TPSA) is 91.3 Å². The first kappa shape index (κ1) is 22.2. The van der Waals surface area contributed by atoms with E-state index in [1.165, 1.54) is 40.2 Å². The van der Waals surface area contributed by atoms with Crippen molar-refractivity contribution in [3.63, 3.8) is 0 Å². The van der Waals surface area contributed by atoms with E-state index in [-0.39, 0.29) is 17.2 Å². The van der Waals surface area contributed by atoms with Crippen molar-refractivity contribution in [2.24, 2.45) is 0 Å². The van der Waals surface area contributed by atoms with Crippen LogP contribution < -0.4 is 9.47 Å². The molecule has 7 nitrogen and oxygen atoms in total. The van der Waals surface area contributed by atoms with Crippen molar-refractivity contribution in [2.45, 2.75) is 32.9 Å². The van der Waals surface area contributed by atoms with Crippen LogP contribution in [0.2, 0.25) is 0 Å². The number of carbonyl (C=O) groups excluding carboxylic acids is 1. The lowest BCUT2D eigenvalue weighted by Crippen LogP contribution is -2.31. The van der Waals surface area contributed by atoms with E-state index < -0.39 is 18.5 Å². The van der Waals surface area contributed by atoms with E-state index >= 15 is 0 Å². The molecule has 1 rings (SSSR count). The first-order valence-corrected chi connectivity index (χ1v) is 9.77. The fourth-order valence-corrected chi connectivity index (χ4v) is 3.68. The van der Waals surface area contributed by atoms with Crippen LogP contribution in [0.3, 0.4) is 0 Å². The Balaban J connectivity index is 3.21. The summed E-state index contributed by atoms with van der Waals surface area (Å²) < 4.78 is 33.3. The van der Waals surface area contributed by atoms with Crippen molar-refractivity contribution in [3.05, 3.63) is 23.8 Å². The summed E-state index contributed by atoms with van der Waals surface area (Å²) in [5.74, 6) is -0.0113. The number of hydrogen-bond acceptors (Lipinski definition) is 7. The van der Waals surface area contributed by atoms with Crippen LogP contribution in [0.25, 0.3) is 6.08 Å². The van der Waals surface area contributed by atoms with Gasteiger partial charge in [-0.3, -0.25) is 9.36 Å². The first-order valence-electron chi connectivity index (χ1n) is 8.23. The molecule has 0 unspecified atom stereocenters. The molecule has 0 aliphatic heterocycles. The highest BCUT2D eigenvalue weighted by atomic mass is 31.2. The second-order valence-electron chi connectivity index (χ2n) is 5.85. The Labute approximate surface area is 154 Å². The van der Waals surface area contributed by atoms with Gasteiger partial charge in [0.2, 0.25) is 5.75 Å². The smallest absolute Gasteiger partial charge is 0.343 e. The number of benzene rings is 1. The Bertz CT molecular complexity index is 674. The van der Waals surface area contributed by atoms with Crippen LogP contribution in [-0.2, 0) is 18.4 Å². The Morgan fingerprint density at radius 1 is 1.12 bits per heavy atom. The minimum Gasteiger partial charge on any atom is -0.502 e. The minimum absolute atomic E-state index is 0.0965. The highest BCUT2D eigenvalue weighted by Gasteiger charge is 2.46. The average Bonchev–Trinajstić information content (AvgIpc) is 2.62. The Hall–Kier alpha value is -1.82. The van der Waals surface area contributed by atoms with Gasteiger partial charge >= 0.3 is 7.60 Å². The molecule has 0 fully saturated rings. The van der Waals surface area contributed by atoms with Crippen LogP contribution in [0, 0.1) is 0 Å². The zero-order valence-electron chi connectivity index (χ0n) is 16.1. The zero-order valence-corrected chi connectivity index (χ0v) is 17.0. The highest BCUT2D eigenvalue weighted by molar-refractivity contribution is 7.56. The molecule has 8 heteroatoms. The van der Waals surface area contributed by atoms with Gasteiger partial charge in [-0.05, 0) is 51.5 Å². The van der Waals surface area contributed by atoms with Crippen molar-refractivity contribution in [3.8, 4) is 17.2 Å². The molecule has 0 heterocycles. The standard InChI is InChI=1S/C18H27O7P/c1-7-24-14-11-13(12-15(17(14)20)25-8-2)9-10-16(19)18(3,4)26(21,22-5)23-6/h9-12,20H,7-8H2,1-6H3/b10-9+. The maximum absolute atomic E-state index is 12.6. The Morgan fingerprint density at radius 2 is 1.58 bits per heavy atom. The third kappa shape index (κ3) is 4.67. The molecule has 1 aromatic carbocycles. The molecule has 0 aromatic heterocycles. The molecule has 0 saturated carbocycles. The molecule has 0 amide bonds. The van der Waals surface area contributed by atoms with Gasteiger partial charge in [-0.25, -0.2) is 0 Å². The monoisotopic (exact) mass is 386 g/mol. The summed E-state index contributed by atoms with van der Waals surface area (Å²) in [6, 6.07) is 3.18. The molecule has 0 radical (unpaired) electrons. The van der Waals surface area contributed by atoms with E-state index in [2.05, 4.69) is 0 Å². The lowest BCUT2D eigenvalue weighted by atomic mass is 10.1. The number of allylic oxidation sites excluding steroid dienone is 1. The Kier molecular flexibility index (Phi) is 7.87. The van der Waals surface area contributed by atoms with Gasteiger partial charge in [0.05, 0.1) is 13.2 Å². The summed E-state index contributed by atoms with van der Waals surface area (Å²) in [7, 11) is -1.12. The normalized spacial score (nSPS) is 12.4. The van der Waals surface area contributed by atoms with Crippen LogP contribution in [0.5, 0.6) is 17.2 Å². The molecule has 0 spiro atoms. The number of phenolic OH excluding ortho intramolecular Hbond substituents is 1. The molecule has 0 bridgehead atoms. The summed E-state index contributed by atoms with van der Waals surface area (Å²) in [4.78, 5) is 12.6. The first-order chi connectivity index (χ1) is 12.2. The zero-order chi connectivity index (χ0) is 20.0. The third-order valence-electron chi connectivity index (χ3n) is 3.86. The number of phenols is 1. The number of ether oxygens (including phenoxy) is 2. The van der Waals surface area contributed by atoms with Crippen LogP contribution in [0.15, 0.2) is 18.2 Å². The van der Waals surface area contributed by atoms with Crippen molar-refractivity contribution in [2.75, 3.05) is 27.4 Å². The van der Waals surface area contributed by atoms with Crippen molar-refractivity contribution < 1.29 is 33.0 Å². The number of carbonyl (C=O) groups is 1. The SMILES string of the molecule is CCOc1cc(/C=C/C(=O)C(C)(C)P(=O)(OC)OC)cc(OCC)c1O. The summed E-state index contributed by atoms with van der Waals surface area (Å²) in [5.41, 5.74) is 0.587. The molecule has 146 valence electrons. The van der Waals surface area contributed by atoms with Gasteiger partial charge in [0, 0.05) is 14.2 Å². The lowest BCUT2D eigenvalue weighted by Gasteiger charge is -2.28. The third-order valence-corrected chi connectivity index (χ3v) is 6.41. The quantitative estimate of drug-likeness (QED) is 0.479. The van der Waals surface area contributed by atoms with Crippen LogP contribution in [-0.4, -0.2) is 43.5 Å². The number of rotatable bonds is 10. The number of ketones is 1. The number of hydrogen-bond donors (Lipinski definition) is 1. The molecular weight excluding hydrogens is 359 g/mol. The lowest BCUT2D eigenvalue weighted by molar-refractivity contribution is -0.116. The van der Waals surface area contributed by atoms with E-state index in [1.807, 2.05) is 0 Å². The van der Waals surface area contributed by atoms with Gasteiger partial charge < -0.3 is 23.6 Å². The highest BCUT2D eigenvalue weighted by Crippen LogP contribution is 2.59. The van der Waals surface area contributed by atoms with Gasteiger partial charge in [-0.1, -0.05) is 6.08 Å². The van der Waals surface area contributed by atoms with E-state index in [9.17, 15) is 14.5 Å². The maximum atomic E-state index is 12.6. The largest absolute Gasteiger partial charge is 0.502 e. The molecule has 0 aliphatic rings. The van der Waals surface area contributed by atoms with Gasteiger partial charge in [-0.2, -0.15) is 0 Å². The van der Waals surface area contributed by atoms with Gasteiger partial charge in [-0.15, -0.1) is 0 Å². The molecule has 0 atom stereocenters. The van der Waals surface area contributed by atoms with Gasteiger partial charge in [0.1, 0.15) is 5.16 Å². The summed E-state index contributed by atoms with van der Waals surface area (Å²) in [6.07, 6.45) is 2.83. The fraction of sp³-hybridized carbons (Fsp3) is 0.500. The second kappa shape index (κ2) is 9.21. The summed E-state index contributed by atoms with van der Waals surface area (Å²) in [5, 5.41) is 8.79. The predicted molar refractivity (Wildman–Crippen MR) is 100 cm³/mol. The predicted octanol–water partition coefficient (Wildman–Crippen LogP) is 4.04. The maximum Gasteiger partial charge on any atom is 0.343 e. The van der Waals surface area contributed by atoms with E-state index in [1.54, 1.807) is 26.0 Å². The molecule has 26 heavy (non-hydrogen) atoms. The van der Waals surface area contributed by atoms with Crippen LogP contribution in [0.4, 0.5) is 0 Å². The minimum atomic E-state index is -3.60. The van der Waals surface area contributed by atoms with Gasteiger partial charge in [0.15, 0.2) is 17.3 Å². The molecule has 0 saturated heterocycles. The van der Waals surface area contributed by atoms with Crippen molar-refractivity contribution >= 4 is 19.5 Å². The van der Waals surface area contributed by atoms with E-state index in [4.69, 9.17) is 18.5 Å². The van der Waals surface area contributed by atoms with Crippen molar-refractivity contribution in [1.82, 2.24) is 0 Å². The van der Waals surface area contributed by atoms with Gasteiger partial charge in [0.25, 0.3) is 0 Å². The molecule has 1 aromatic rings. The van der Waals surface area contributed by atoms with Crippen LogP contribution in [0.1, 0.15) is 33.3 Å². The number of aromatic hydroxyl groups is 1. The summed E-state index contributed by atoms with van der Waals surface area (Å²) >= 11 is 0.